The number of nitriles is 1. The van der Waals surface area contributed by atoms with E-state index in [1.165, 1.54) is 13.3 Å². The summed E-state index contributed by atoms with van der Waals surface area (Å²) in [5.74, 6) is 7.37. The number of rotatable bonds is 6. The molecule has 12 heteroatoms. The summed E-state index contributed by atoms with van der Waals surface area (Å²) >= 11 is 12.7. The number of pyridine rings is 2. The van der Waals surface area contributed by atoms with Gasteiger partial charge in [0.25, 0.3) is 0 Å². The monoisotopic (exact) mass is 712 g/mol. The zero-order valence-corrected chi connectivity index (χ0v) is 30.2. The van der Waals surface area contributed by atoms with Crippen LogP contribution in [0.15, 0.2) is 48.7 Å². The number of ether oxygens (including phenoxy) is 3. The highest BCUT2D eigenvalue weighted by atomic mass is 35.5. The molecule has 1 N–H and O–H groups in total. The van der Waals surface area contributed by atoms with Crippen LogP contribution in [0.5, 0.6) is 11.5 Å². The van der Waals surface area contributed by atoms with Crippen molar-refractivity contribution in [3.63, 3.8) is 0 Å². The molecule has 6 rings (SSSR count). The maximum absolute atomic E-state index is 12.4. The summed E-state index contributed by atoms with van der Waals surface area (Å²) in [6.07, 6.45) is 3.36. The summed E-state index contributed by atoms with van der Waals surface area (Å²) in [5.41, 5.74) is 3.88. The Labute approximate surface area is 302 Å². The Hall–Kier alpha value is -4.74. The topological polar surface area (TPSA) is 113 Å². The lowest BCUT2D eigenvalue weighted by Crippen LogP contribution is -2.62. The molecule has 1 spiro atoms. The number of methoxy groups -OCH3 is 2. The molecule has 0 radical (unpaired) electrons. The summed E-state index contributed by atoms with van der Waals surface area (Å²) in [4.78, 5) is 26.0. The second-order valence-electron chi connectivity index (χ2n) is 13.7. The van der Waals surface area contributed by atoms with Crippen molar-refractivity contribution in [2.24, 2.45) is 5.41 Å². The van der Waals surface area contributed by atoms with E-state index in [9.17, 15) is 10.1 Å². The minimum Gasteiger partial charge on any atom is -0.495 e. The van der Waals surface area contributed by atoms with Gasteiger partial charge in [0.2, 0.25) is 0 Å². The minimum atomic E-state index is -0.483. The van der Waals surface area contributed by atoms with Gasteiger partial charge in [0.05, 0.1) is 58.0 Å². The average Bonchev–Trinajstić information content (AvgIpc) is 3.07. The van der Waals surface area contributed by atoms with Crippen molar-refractivity contribution in [1.29, 1.82) is 5.26 Å². The Morgan fingerprint density at radius 2 is 1.74 bits per heavy atom. The molecule has 4 aromatic rings. The molecule has 2 aromatic heterocycles. The average molecular weight is 714 g/mol. The van der Waals surface area contributed by atoms with Crippen LogP contribution in [-0.2, 0) is 11.3 Å². The van der Waals surface area contributed by atoms with Gasteiger partial charge in [-0.2, -0.15) is 5.26 Å². The molecular weight excluding hydrogens is 675 g/mol. The highest BCUT2D eigenvalue weighted by molar-refractivity contribution is 6.37. The fourth-order valence-electron chi connectivity index (χ4n) is 6.34. The molecule has 2 aromatic carbocycles. The first-order valence-corrected chi connectivity index (χ1v) is 17.0. The number of amides is 1. The maximum Gasteiger partial charge on any atom is 0.410 e. The van der Waals surface area contributed by atoms with Gasteiger partial charge in [-0.1, -0.05) is 35.2 Å². The molecule has 2 fully saturated rings. The van der Waals surface area contributed by atoms with E-state index < -0.39 is 5.60 Å². The van der Waals surface area contributed by atoms with Gasteiger partial charge in [0.15, 0.2) is 0 Å². The first kappa shape index (κ1) is 35.1. The number of aromatic nitrogens is 2. The number of hydrogen-bond donors (Lipinski definition) is 1. The Kier molecular flexibility index (Phi) is 10.00. The summed E-state index contributed by atoms with van der Waals surface area (Å²) in [5, 5.41) is 14.6. The first-order chi connectivity index (χ1) is 23.9. The Morgan fingerprint density at radius 1 is 1.00 bits per heavy atom. The highest BCUT2D eigenvalue weighted by Crippen LogP contribution is 2.42. The SMILES string of the molecule is COc1cc(Nc2c(C#N)cnc3cc(C#Cc4cccc(CN5CCC6(CC5)CN(C(=O)OC(C)(C)C)C6)n4)c(OC)cc23)c(Cl)cc1Cl. The minimum absolute atomic E-state index is 0.186. The molecule has 2 saturated heterocycles. The van der Waals surface area contributed by atoms with Crippen molar-refractivity contribution in [2.75, 3.05) is 45.7 Å². The summed E-state index contributed by atoms with van der Waals surface area (Å²) in [7, 11) is 3.09. The first-order valence-electron chi connectivity index (χ1n) is 16.3. The third-order valence-corrected chi connectivity index (χ3v) is 9.56. The molecule has 2 aliphatic rings. The lowest BCUT2D eigenvalue weighted by atomic mass is 9.72. The highest BCUT2D eigenvalue weighted by Gasteiger charge is 2.47. The Balaban J connectivity index is 1.16. The number of carbonyl (C=O) groups is 1. The molecule has 10 nitrogen and oxygen atoms in total. The second-order valence-corrected chi connectivity index (χ2v) is 14.5. The van der Waals surface area contributed by atoms with E-state index in [4.69, 9.17) is 42.4 Å². The fraction of sp³-hybridized carbons (Fsp3) is 0.368. The predicted octanol–water partition coefficient (Wildman–Crippen LogP) is 7.80. The van der Waals surface area contributed by atoms with Crippen molar-refractivity contribution in [3.05, 3.63) is 81.2 Å². The van der Waals surface area contributed by atoms with Crippen LogP contribution < -0.4 is 14.8 Å². The molecule has 0 unspecified atom stereocenters. The summed E-state index contributed by atoms with van der Waals surface area (Å²) in [6, 6.07) is 15.0. The van der Waals surface area contributed by atoms with Crippen molar-refractivity contribution < 1.29 is 19.0 Å². The molecule has 1 amide bonds. The van der Waals surface area contributed by atoms with Gasteiger partial charge in [0.1, 0.15) is 28.9 Å². The predicted molar refractivity (Wildman–Crippen MR) is 194 cm³/mol. The standard InChI is InChI=1S/C38H38Cl2N6O4/c1-37(2,3)50-36(47)46-22-38(23-46)11-13-45(14-12-38)21-27-8-6-7-26(43-27)10-9-24-15-31-28(16-33(24)48-4)35(25(19-41)20-42-31)44-32-18-34(49-5)30(40)17-29(32)39/h6-8,15-18,20H,11-14,21-23H2,1-5H3,(H,42,44). The van der Waals surface area contributed by atoms with E-state index in [0.29, 0.717) is 60.6 Å². The lowest BCUT2D eigenvalue weighted by Gasteiger charge is -2.53. The number of nitrogens with zero attached hydrogens (tertiary/aromatic N) is 5. The molecule has 0 bridgehead atoms. The smallest absolute Gasteiger partial charge is 0.410 e. The van der Waals surface area contributed by atoms with Crippen LogP contribution in [0, 0.1) is 28.6 Å². The van der Waals surface area contributed by atoms with Gasteiger partial charge in [-0.25, -0.2) is 9.78 Å². The number of anilines is 2. The van der Waals surface area contributed by atoms with Crippen LogP contribution in [0.2, 0.25) is 10.0 Å². The van der Waals surface area contributed by atoms with Gasteiger partial charge >= 0.3 is 6.09 Å². The van der Waals surface area contributed by atoms with Crippen LogP contribution >= 0.6 is 23.2 Å². The number of nitrogens with one attached hydrogen (secondary N) is 1. The van der Waals surface area contributed by atoms with Gasteiger partial charge < -0.3 is 24.4 Å². The number of fused-ring (bicyclic) bond motifs is 1. The molecule has 0 aliphatic carbocycles. The van der Waals surface area contributed by atoms with Crippen molar-refractivity contribution in [2.45, 2.75) is 45.8 Å². The zero-order chi connectivity index (χ0) is 35.6. The number of halogens is 2. The molecule has 258 valence electrons. The van der Waals surface area contributed by atoms with E-state index in [-0.39, 0.29) is 11.5 Å². The van der Waals surface area contributed by atoms with Gasteiger partial charge in [-0.3, -0.25) is 9.88 Å². The maximum atomic E-state index is 12.4. The number of hydrogen-bond acceptors (Lipinski definition) is 9. The zero-order valence-electron chi connectivity index (χ0n) is 28.7. The molecule has 0 atom stereocenters. The lowest BCUT2D eigenvalue weighted by molar-refractivity contribution is -0.0601. The molecule has 4 heterocycles. The van der Waals surface area contributed by atoms with E-state index in [0.717, 1.165) is 51.3 Å². The number of piperidine rings is 1. The summed E-state index contributed by atoms with van der Waals surface area (Å²) in [6.45, 7) is 9.83. The third kappa shape index (κ3) is 7.69. The fourth-order valence-corrected chi connectivity index (χ4v) is 6.85. The third-order valence-electron chi connectivity index (χ3n) is 8.95. The quantitative estimate of drug-likeness (QED) is 0.200. The van der Waals surface area contributed by atoms with E-state index >= 15 is 0 Å². The second kappa shape index (κ2) is 14.2. The van der Waals surface area contributed by atoms with Crippen LogP contribution in [-0.4, -0.2) is 71.9 Å². The molecule has 0 saturated carbocycles. The largest absolute Gasteiger partial charge is 0.495 e. The van der Waals surface area contributed by atoms with Crippen molar-refractivity contribution in [1.82, 2.24) is 19.8 Å². The van der Waals surface area contributed by atoms with Gasteiger partial charge in [-0.15, -0.1) is 0 Å². The number of likely N-dealkylation sites (tertiary alicyclic amines) is 2. The number of benzene rings is 2. The van der Waals surface area contributed by atoms with Crippen LogP contribution in [0.1, 0.15) is 56.1 Å². The Bertz CT molecular complexity index is 2050. The van der Waals surface area contributed by atoms with Crippen molar-refractivity contribution in [3.8, 4) is 29.4 Å². The van der Waals surface area contributed by atoms with Crippen molar-refractivity contribution >= 4 is 51.6 Å². The molecule has 50 heavy (non-hydrogen) atoms. The van der Waals surface area contributed by atoms with E-state index in [2.05, 4.69) is 33.1 Å². The molecule has 2 aliphatic heterocycles. The van der Waals surface area contributed by atoms with E-state index in [1.54, 1.807) is 25.3 Å². The van der Waals surface area contributed by atoms with E-state index in [1.807, 2.05) is 49.9 Å². The molecular formula is C38H38Cl2N6O4. The Morgan fingerprint density at radius 3 is 2.42 bits per heavy atom. The van der Waals surface area contributed by atoms with Crippen LogP contribution in [0.4, 0.5) is 16.2 Å². The normalized spacial score (nSPS) is 15.4. The summed E-state index contributed by atoms with van der Waals surface area (Å²) < 4.78 is 16.6. The number of carbonyl (C=O) groups excluding carboxylic acids is 1. The van der Waals surface area contributed by atoms with Gasteiger partial charge in [0, 0.05) is 42.7 Å². The van der Waals surface area contributed by atoms with Crippen LogP contribution in [0.25, 0.3) is 10.9 Å². The van der Waals surface area contributed by atoms with Gasteiger partial charge in [-0.05, 0) is 83.0 Å². The van der Waals surface area contributed by atoms with Crippen LogP contribution in [0.3, 0.4) is 0 Å².